The number of nitrogens with zero attached hydrogens (tertiary/aromatic N) is 1. The molecule has 0 aliphatic rings. The van der Waals surface area contributed by atoms with Gasteiger partial charge in [0, 0.05) is 7.11 Å². The maximum Gasteiger partial charge on any atom is 0.345 e. The second-order valence-electron chi connectivity index (χ2n) is 4.18. The number of H-pyrrole nitrogens is 1. The van der Waals surface area contributed by atoms with Gasteiger partial charge in [0.05, 0.1) is 18.0 Å². The molecule has 0 amide bonds. The summed E-state index contributed by atoms with van der Waals surface area (Å²) in [5, 5.41) is 9.16. The number of aromatic nitrogens is 2. The first-order chi connectivity index (χ1) is 7.95. The first-order valence-electron chi connectivity index (χ1n) is 5.30. The van der Waals surface area contributed by atoms with Gasteiger partial charge in [-0.25, -0.2) is 9.59 Å². The summed E-state index contributed by atoms with van der Waals surface area (Å²) < 4.78 is 4.87. The largest absolute Gasteiger partial charge is 0.478 e. The van der Waals surface area contributed by atoms with Crippen molar-refractivity contribution >= 4 is 5.97 Å². The van der Waals surface area contributed by atoms with Crippen LogP contribution in [0.3, 0.4) is 0 Å². The molecule has 1 aromatic rings. The van der Waals surface area contributed by atoms with E-state index in [0.29, 0.717) is 12.1 Å². The van der Waals surface area contributed by atoms with Crippen LogP contribution in [0.2, 0.25) is 0 Å². The average Bonchev–Trinajstić information content (AvgIpc) is 2.15. The van der Waals surface area contributed by atoms with Crippen molar-refractivity contribution in [2.75, 3.05) is 7.11 Å². The molecule has 0 radical (unpaired) electrons. The highest BCUT2D eigenvalue weighted by atomic mass is 16.5. The van der Waals surface area contributed by atoms with Gasteiger partial charge in [-0.2, -0.15) is 4.98 Å². The number of aromatic carboxylic acids is 1. The fourth-order valence-corrected chi connectivity index (χ4v) is 1.61. The molecule has 0 aliphatic heterocycles. The highest BCUT2D eigenvalue weighted by molar-refractivity contribution is 5.90. The Hall–Kier alpha value is -1.69. The number of carboxylic acids is 1. The number of hydrogen-bond donors (Lipinski definition) is 2. The van der Waals surface area contributed by atoms with Gasteiger partial charge in [0.1, 0.15) is 5.56 Å². The van der Waals surface area contributed by atoms with Gasteiger partial charge in [0.25, 0.3) is 0 Å². The molecule has 0 spiro atoms. The zero-order valence-electron chi connectivity index (χ0n) is 10.1. The quantitative estimate of drug-likeness (QED) is 0.794. The Balaban J connectivity index is 3.35. The zero-order valence-corrected chi connectivity index (χ0v) is 10.1. The maximum atomic E-state index is 11.3. The predicted molar refractivity (Wildman–Crippen MR) is 61.1 cm³/mol. The standard InChI is InChI=1S/C11H16N2O4/c1-6(2)4-7-9(10(14)15)8(5-17-3)13-11(16)12-7/h6H,4-5H2,1-3H3,(H,14,15)(H,12,13,16). The summed E-state index contributed by atoms with van der Waals surface area (Å²) in [6, 6.07) is 0. The molecule has 0 aliphatic carbocycles. The molecule has 0 atom stereocenters. The third-order valence-corrected chi connectivity index (χ3v) is 2.19. The monoisotopic (exact) mass is 240 g/mol. The van der Waals surface area contributed by atoms with E-state index in [1.807, 2.05) is 13.8 Å². The fourth-order valence-electron chi connectivity index (χ4n) is 1.61. The molecule has 0 unspecified atom stereocenters. The van der Waals surface area contributed by atoms with E-state index in [4.69, 9.17) is 9.84 Å². The van der Waals surface area contributed by atoms with Crippen molar-refractivity contribution in [2.45, 2.75) is 26.9 Å². The SMILES string of the molecule is COCc1[nH]c(=O)nc(CC(C)C)c1C(=O)O. The van der Waals surface area contributed by atoms with Crippen LogP contribution in [-0.2, 0) is 17.8 Å². The van der Waals surface area contributed by atoms with Gasteiger partial charge < -0.3 is 14.8 Å². The minimum absolute atomic E-state index is 0.0418. The van der Waals surface area contributed by atoms with E-state index in [0.717, 1.165) is 0 Å². The Bertz CT molecular complexity index is 465. The number of aromatic amines is 1. The van der Waals surface area contributed by atoms with Crippen molar-refractivity contribution in [1.29, 1.82) is 0 Å². The topological polar surface area (TPSA) is 92.3 Å². The predicted octanol–water partition coefficient (Wildman–Crippen LogP) is 0.813. The van der Waals surface area contributed by atoms with Gasteiger partial charge >= 0.3 is 11.7 Å². The van der Waals surface area contributed by atoms with Crippen molar-refractivity contribution in [2.24, 2.45) is 5.92 Å². The molecular weight excluding hydrogens is 224 g/mol. The van der Waals surface area contributed by atoms with E-state index in [9.17, 15) is 9.59 Å². The van der Waals surface area contributed by atoms with Crippen LogP contribution < -0.4 is 5.69 Å². The molecule has 0 bridgehead atoms. The molecule has 6 nitrogen and oxygen atoms in total. The fraction of sp³-hybridized carbons (Fsp3) is 0.545. The first-order valence-corrected chi connectivity index (χ1v) is 5.30. The molecule has 0 saturated heterocycles. The number of carboxylic acid groups (broad SMARTS) is 1. The molecule has 17 heavy (non-hydrogen) atoms. The summed E-state index contributed by atoms with van der Waals surface area (Å²) in [7, 11) is 1.44. The molecule has 1 aromatic heterocycles. The summed E-state index contributed by atoms with van der Waals surface area (Å²) >= 11 is 0. The van der Waals surface area contributed by atoms with Crippen molar-refractivity contribution in [3.63, 3.8) is 0 Å². The van der Waals surface area contributed by atoms with Crippen LogP contribution in [0.15, 0.2) is 4.79 Å². The summed E-state index contributed by atoms with van der Waals surface area (Å²) in [6.07, 6.45) is 0.447. The van der Waals surface area contributed by atoms with E-state index >= 15 is 0 Å². The Labute approximate surface area is 98.7 Å². The van der Waals surface area contributed by atoms with Crippen LogP contribution in [0.25, 0.3) is 0 Å². The van der Waals surface area contributed by atoms with Gasteiger partial charge in [-0.05, 0) is 12.3 Å². The molecule has 0 fully saturated rings. The molecule has 0 aromatic carbocycles. The number of carbonyl (C=O) groups is 1. The van der Waals surface area contributed by atoms with Gasteiger partial charge in [0.2, 0.25) is 0 Å². The van der Waals surface area contributed by atoms with E-state index in [-0.39, 0.29) is 23.8 Å². The molecule has 6 heteroatoms. The van der Waals surface area contributed by atoms with Crippen molar-refractivity contribution in [3.8, 4) is 0 Å². The molecule has 2 N–H and O–H groups in total. The zero-order chi connectivity index (χ0) is 13.0. The van der Waals surface area contributed by atoms with E-state index in [1.165, 1.54) is 7.11 Å². The van der Waals surface area contributed by atoms with Crippen molar-refractivity contribution < 1.29 is 14.6 Å². The number of ether oxygens (including phenoxy) is 1. The first kappa shape index (κ1) is 13.4. The Morgan fingerprint density at radius 3 is 2.65 bits per heavy atom. The van der Waals surface area contributed by atoms with Gasteiger partial charge in [-0.3, -0.25) is 0 Å². The summed E-state index contributed by atoms with van der Waals surface area (Å²) in [6.45, 7) is 3.92. The normalized spacial score (nSPS) is 10.8. The van der Waals surface area contributed by atoms with Crippen LogP contribution in [-0.4, -0.2) is 28.2 Å². The second kappa shape index (κ2) is 5.58. The van der Waals surface area contributed by atoms with Gasteiger partial charge in [0.15, 0.2) is 0 Å². The maximum absolute atomic E-state index is 11.3. The third-order valence-electron chi connectivity index (χ3n) is 2.19. The summed E-state index contributed by atoms with van der Waals surface area (Å²) in [4.78, 5) is 28.6. The van der Waals surface area contributed by atoms with Gasteiger partial charge in [-0.1, -0.05) is 13.8 Å². The minimum Gasteiger partial charge on any atom is -0.478 e. The van der Waals surface area contributed by atoms with Crippen LogP contribution in [0.5, 0.6) is 0 Å². The van der Waals surface area contributed by atoms with Crippen molar-refractivity contribution in [3.05, 3.63) is 27.4 Å². The number of nitrogens with one attached hydrogen (secondary N) is 1. The lowest BCUT2D eigenvalue weighted by Gasteiger charge is -2.11. The lowest BCUT2D eigenvalue weighted by molar-refractivity contribution is 0.0688. The van der Waals surface area contributed by atoms with Crippen molar-refractivity contribution in [1.82, 2.24) is 9.97 Å². The van der Waals surface area contributed by atoms with Crippen LogP contribution >= 0.6 is 0 Å². The number of methoxy groups -OCH3 is 1. The third kappa shape index (κ3) is 3.39. The average molecular weight is 240 g/mol. The van der Waals surface area contributed by atoms with Gasteiger partial charge in [-0.15, -0.1) is 0 Å². The summed E-state index contributed by atoms with van der Waals surface area (Å²) in [5.74, 6) is -0.880. The van der Waals surface area contributed by atoms with E-state index < -0.39 is 11.7 Å². The molecule has 1 rings (SSSR count). The smallest absolute Gasteiger partial charge is 0.345 e. The molecular formula is C11H16N2O4. The molecule has 94 valence electrons. The highest BCUT2D eigenvalue weighted by Crippen LogP contribution is 2.13. The lowest BCUT2D eigenvalue weighted by Crippen LogP contribution is -2.23. The Kier molecular flexibility index (Phi) is 4.39. The summed E-state index contributed by atoms with van der Waals surface area (Å²) in [5.41, 5.74) is 0.0665. The van der Waals surface area contributed by atoms with Crippen LogP contribution in [0.4, 0.5) is 0 Å². The van der Waals surface area contributed by atoms with E-state index in [1.54, 1.807) is 0 Å². The minimum atomic E-state index is -1.10. The number of hydrogen-bond acceptors (Lipinski definition) is 4. The van der Waals surface area contributed by atoms with Crippen LogP contribution in [0, 0.1) is 5.92 Å². The molecule has 0 saturated carbocycles. The lowest BCUT2D eigenvalue weighted by atomic mass is 10.0. The Morgan fingerprint density at radius 2 is 2.18 bits per heavy atom. The number of rotatable bonds is 5. The van der Waals surface area contributed by atoms with E-state index in [2.05, 4.69) is 9.97 Å². The van der Waals surface area contributed by atoms with Crippen LogP contribution in [0.1, 0.15) is 35.6 Å². The molecule has 1 heterocycles. The highest BCUT2D eigenvalue weighted by Gasteiger charge is 2.19. The second-order valence-corrected chi connectivity index (χ2v) is 4.18. The Morgan fingerprint density at radius 1 is 1.53 bits per heavy atom.